The quantitative estimate of drug-likeness (QED) is 0.854. The maximum Gasteiger partial charge on any atom is 0.327 e. The summed E-state index contributed by atoms with van der Waals surface area (Å²) < 4.78 is 5.77. The van der Waals surface area contributed by atoms with Crippen LogP contribution in [0.4, 0.5) is 0 Å². The number of methoxy groups -OCH3 is 1. The summed E-state index contributed by atoms with van der Waals surface area (Å²) in [5.41, 5.74) is 1.73. The molecule has 1 N–H and O–H groups in total. The molecular formula is C15H15BrN2O2. The fourth-order valence-electron chi connectivity index (χ4n) is 1.82. The number of esters is 1. The van der Waals surface area contributed by atoms with Crippen LogP contribution in [0.5, 0.6) is 0 Å². The van der Waals surface area contributed by atoms with E-state index in [0.717, 1.165) is 15.7 Å². The highest BCUT2D eigenvalue weighted by atomic mass is 79.9. The molecule has 104 valence electrons. The van der Waals surface area contributed by atoms with Gasteiger partial charge in [-0.05, 0) is 33.6 Å². The lowest BCUT2D eigenvalue weighted by Gasteiger charge is -2.16. The Kier molecular flexibility index (Phi) is 5.26. The zero-order valence-electron chi connectivity index (χ0n) is 11.0. The van der Waals surface area contributed by atoms with E-state index in [-0.39, 0.29) is 5.97 Å². The van der Waals surface area contributed by atoms with Gasteiger partial charge in [0.25, 0.3) is 0 Å². The second-order valence-electron chi connectivity index (χ2n) is 4.22. The van der Waals surface area contributed by atoms with E-state index in [1.165, 1.54) is 7.11 Å². The Morgan fingerprint density at radius 2 is 2.05 bits per heavy atom. The summed E-state index contributed by atoms with van der Waals surface area (Å²) in [5.74, 6) is -0.312. The van der Waals surface area contributed by atoms with Crippen molar-refractivity contribution in [2.45, 2.75) is 12.6 Å². The molecule has 0 saturated heterocycles. The Morgan fingerprint density at radius 3 is 2.65 bits per heavy atom. The second kappa shape index (κ2) is 7.17. The minimum Gasteiger partial charge on any atom is -0.468 e. The smallest absolute Gasteiger partial charge is 0.327 e. The highest BCUT2D eigenvalue weighted by Crippen LogP contribution is 2.15. The lowest BCUT2D eigenvalue weighted by atomic mass is 10.1. The Hall–Kier alpha value is -1.72. The first-order chi connectivity index (χ1) is 9.70. The minimum atomic E-state index is -0.494. The number of hydrogen-bond acceptors (Lipinski definition) is 4. The van der Waals surface area contributed by atoms with Crippen molar-refractivity contribution in [2.75, 3.05) is 7.11 Å². The predicted molar refractivity (Wildman–Crippen MR) is 80.0 cm³/mol. The number of hydrogen-bond donors (Lipinski definition) is 1. The lowest BCUT2D eigenvalue weighted by molar-refractivity contribution is -0.143. The molecule has 0 spiro atoms. The molecule has 5 heteroatoms. The molecular weight excluding hydrogens is 320 g/mol. The molecule has 20 heavy (non-hydrogen) atoms. The van der Waals surface area contributed by atoms with Crippen molar-refractivity contribution in [3.05, 3.63) is 64.4 Å². The monoisotopic (exact) mass is 334 g/mol. The average molecular weight is 335 g/mol. The fourth-order valence-corrected chi connectivity index (χ4v) is 2.05. The molecule has 0 aliphatic heterocycles. The van der Waals surface area contributed by atoms with E-state index in [1.807, 2.05) is 42.5 Å². The van der Waals surface area contributed by atoms with Crippen LogP contribution in [0.25, 0.3) is 0 Å². The molecule has 0 bridgehead atoms. The zero-order valence-corrected chi connectivity index (χ0v) is 12.6. The summed E-state index contributed by atoms with van der Waals surface area (Å²) >= 11 is 3.34. The summed E-state index contributed by atoms with van der Waals surface area (Å²) in [5, 5.41) is 3.17. The van der Waals surface area contributed by atoms with Gasteiger partial charge < -0.3 is 4.74 Å². The first kappa shape index (κ1) is 14.7. The van der Waals surface area contributed by atoms with E-state index in [9.17, 15) is 4.79 Å². The zero-order chi connectivity index (χ0) is 14.4. The number of nitrogens with one attached hydrogen (secondary N) is 1. The largest absolute Gasteiger partial charge is 0.468 e. The number of rotatable bonds is 5. The van der Waals surface area contributed by atoms with Gasteiger partial charge in [0, 0.05) is 17.2 Å². The summed E-state index contributed by atoms with van der Waals surface area (Å²) in [6, 6.07) is 12.8. The number of ether oxygens (including phenoxy) is 1. The molecule has 0 radical (unpaired) electrons. The van der Waals surface area contributed by atoms with Crippen LogP contribution in [-0.4, -0.2) is 18.1 Å². The first-order valence-electron chi connectivity index (χ1n) is 6.17. The van der Waals surface area contributed by atoms with Crippen molar-refractivity contribution in [2.24, 2.45) is 0 Å². The van der Waals surface area contributed by atoms with Gasteiger partial charge >= 0.3 is 5.97 Å². The van der Waals surface area contributed by atoms with E-state index in [1.54, 1.807) is 6.20 Å². The Bertz CT molecular complexity index is 558. The highest BCUT2D eigenvalue weighted by molar-refractivity contribution is 9.10. The van der Waals surface area contributed by atoms with Gasteiger partial charge in [0.2, 0.25) is 0 Å². The molecule has 1 heterocycles. The molecule has 1 atom stereocenters. The van der Waals surface area contributed by atoms with Gasteiger partial charge in [-0.2, -0.15) is 0 Å². The van der Waals surface area contributed by atoms with E-state index in [4.69, 9.17) is 4.74 Å². The topological polar surface area (TPSA) is 51.2 Å². The van der Waals surface area contributed by atoms with Gasteiger partial charge in [-0.3, -0.25) is 10.3 Å². The molecule has 4 nitrogen and oxygen atoms in total. The summed E-state index contributed by atoms with van der Waals surface area (Å²) in [6.45, 7) is 0.488. The average Bonchev–Trinajstić information content (AvgIpc) is 2.50. The van der Waals surface area contributed by atoms with Crippen molar-refractivity contribution >= 4 is 21.9 Å². The molecule has 0 fully saturated rings. The highest BCUT2D eigenvalue weighted by Gasteiger charge is 2.20. The first-order valence-corrected chi connectivity index (χ1v) is 6.96. The van der Waals surface area contributed by atoms with Crippen LogP contribution in [0.1, 0.15) is 17.3 Å². The van der Waals surface area contributed by atoms with Crippen LogP contribution in [0.15, 0.2) is 53.1 Å². The maximum atomic E-state index is 11.9. The van der Waals surface area contributed by atoms with Crippen LogP contribution in [-0.2, 0) is 16.1 Å². The van der Waals surface area contributed by atoms with Crippen molar-refractivity contribution in [3.63, 3.8) is 0 Å². The molecule has 1 aromatic heterocycles. The van der Waals surface area contributed by atoms with Gasteiger partial charge in [0.1, 0.15) is 6.04 Å². The number of nitrogens with zero attached hydrogens (tertiary/aromatic N) is 1. The van der Waals surface area contributed by atoms with Gasteiger partial charge in [-0.25, -0.2) is 4.79 Å². The third kappa shape index (κ3) is 3.88. The number of carbonyl (C=O) groups is 1. The van der Waals surface area contributed by atoms with Crippen LogP contribution in [0.3, 0.4) is 0 Å². The third-order valence-corrected chi connectivity index (χ3v) is 3.31. The number of carbonyl (C=O) groups excluding carboxylic acids is 1. The lowest BCUT2D eigenvalue weighted by Crippen LogP contribution is -2.29. The summed E-state index contributed by atoms with van der Waals surface area (Å²) in [4.78, 5) is 16.1. The van der Waals surface area contributed by atoms with E-state index >= 15 is 0 Å². The molecule has 0 aliphatic rings. The van der Waals surface area contributed by atoms with Crippen LogP contribution in [0.2, 0.25) is 0 Å². The number of aromatic nitrogens is 1. The van der Waals surface area contributed by atoms with Crippen molar-refractivity contribution in [1.29, 1.82) is 0 Å². The van der Waals surface area contributed by atoms with Gasteiger partial charge in [-0.1, -0.05) is 30.3 Å². The fraction of sp³-hybridized carbons (Fsp3) is 0.200. The standard InChI is InChI=1S/C15H15BrN2O2/c1-20-15(19)14(11-5-3-2-4-6-11)18-10-13-8-7-12(16)9-17-13/h2-9,14,18H,10H2,1H3. The molecule has 1 aromatic carbocycles. The third-order valence-electron chi connectivity index (χ3n) is 2.85. The maximum absolute atomic E-state index is 11.9. The minimum absolute atomic E-state index is 0.312. The van der Waals surface area contributed by atoms with E-state index in [2.05, 4.69) is 26.2 Å². The normalized spacial score (nSPS) is 11.9. The van der Waals surface area contributed by atoms with Crippen LogP contribution >= 0.6 is 15.9 Å². The summed E-state index contributed by atoms with van der Waals surface area (Å²) in [6.07, 6.45) is 1.73. The SMILES string of the molecule is COC(=O)C(NCc1ccc(Br)cn1)c1ccccc1. The number of pyridine rings is 1. The van der Waals surface area contributed by atoms with Crippen molar-refractivity contribution in [1.82, 2.24) is 10.3 Å². The van der Waals surface area contributed by atoms with E-state index < -0.39 is 6.04 Å². The Morgan fingerprint density at radius 1 is 1.30 bits per heavy atom. The molecule has 2 rings (SSSR count). The Balaban J connectivity index is 2.09. The molecule has 0 amide bonds. The molecule has 0 saturated carbocycles. The molecule has 2 aromatic rings. The summed E-state index contributed by atoms with van der Waals surface area (Å²) in [7, 11) is 1.39. The van der Waals surface area contributed by atoms with Gasteiger partial charge in [0.15, 0.2) is 0 Å². The molecule has 0 aliphatic carbocycles. The number of halogens is 1. The van der Waals surface area contributed by atoms with Crippen LogP contribution in [0, 0.1) is 0 Å². The predicted octanol–water partition coefficient (Wildman–Crippen LogP) is 2.85. The van der Waals surface area contributed by atoms with Gasteiger partial charge in [0.05, 0.1) is 12.8 Å². The van der Waals surface area contributed by atoms with Crippen molar-refractivity contribution in [3.8, 4) is 0 Å². The second-order valence-corrected chi connectivity index (χ2v) is 5.13. The van der Waals surface area contributed by atoms with E-state index in [0.29, 0.717) is 6.54 Å². The van der Waals surface area contributed by atoms with Crippen molar-refractivity contribution < 1.29 is 9.53 Å². The molecule has 1 unspecified atom stereocenters. The number of benzene rings is 1. The Labute approximate surface area is 126 Å². The van der Waals surface area contributed by atoms with Gasteiger partial charge in [-0.15, -0.1) is 0 Å². The van der Waals surface area contributed by atoms with Crippen LogP contribution < -0.4 is 5.32 Å².